The Hall–Kier alpha value is -2.55. The van der Waals surface area contributed by atoms with Gasteiger partial charge in [0.15, 0.2) is 11.5 Å². The monoisotopic (exact) mass is 588 g/mol. The molecule has 0 amide bonds. The molecule has 3 rings (SSSR count). The van der Waals surface area contributed by atoms with Gasteiger partial charge in [-0.2, -0.15) is 0 Å². The number of hydrogen-bond acceptors (Lipinski definition) is 3. The van der Waals surface area contributed by atoms with Crippen molar-refractivity contribution in [2.24, 2.45) is 0 Å². The molecule has 0 bridgehead atoms. The van der Waals surface area contributed by atoms with E-state index in [4.69, 9.17) is 9.47 Å². The average Bonchev–Trinajstić information content (AvgIpc) is 3.02. The Balaban J connectivity index is 1.61. The highest BCUT2D eigenvalue weighted by atomic mass is 16.5. The summed E-state index contributed by atoms with van der Waals surface area (Å²) < 4.78 is 13.2. The smallest absolute Gasteiger partial charge is 0.169 e. The normalized spacial score (nSPS) is 11.4. The van der Waals surface area contributed by atoms with Crippen molar-refractivity contribution in [1.82, 2.24) is 0 Å². The summed E-state index contributed by atoms with van der Waals surface area (Å²) >= 11 is 0. The third-order valence-electron chi connectivity index (χ3n) is 8.83. The van der Waals surface area contributed by atoms with Gasteiger partial charge in [0, 0.05) is 16.3 Å². The SMILES string of the molecule is CCCCCCCCCCCCOc1c(OCCCCCCCCCCCC)c2ccc(C=O)cc2c2cc(C)ccc12. The second kappa shape index (κ2) is 21.2. The number of hydrogen-bond donors (Lipinski definition) is 0. The quantitative estimate of drug-likeness (QED) is 0.0561. The predicted molar refractivity (Wildman–Crippen MR) is 186 cm³/mol. The number of carbonyl (C=O) groups excluding carboxylic acids is 1. The largest absolute Gasteiger partial charge is 0.489 e. The van der Waals surface area contributed by atoms with Crippen molar-refractivity contribution in [2.75, 3.05) is 13.2 Å². The zero-order valence-electron chi connectivity index (χ0n) is 27.8. The molecule has 0 aliphatic heterocycles. The van der Waals surface area contributed by atoms with Crippen LogP contribution in [0, 0.1) is 6.92 Å². The molecule has 0 aliphatic carbocycles. The number of carbonyl (C=O) groups is 1. The number of unbranched alkanes of at least 4 members (excludes halogenated alkanes) is 18. The number of aryl methyl sites for hydroxylation is 1. The number of benzene rings is 3. The topological polar surface area (TPSA) is 35.5 Å². The van der Waals surface area contributed by atoms with Crippen LogP contribution in [-0.4, -0.2) is 19.5 Å². The van der Waals surface area contributed by atoms with Gasteiger partial charge in [0.2, 0.25) is 0 Å². The molecule has 3 aromatic carbocycles. The summed E-state index contributed by atoms with van der Waals surface area (Å²) in [5.74, 6) is 1.70. The van der Waals surface area contributed by atoms with Crippen molar-refractivity contribution in [3.05, 3.63) is 47.5 Å². The van der Waals surface area contributed by atoms with E-state index in [1.165, 1.54) is 121 Å². The highest BCUT2D eigenvalue weighted by molar-refractivity contribution is 6.14. The van der Waals surface area contributed by atoms with Gasteiger partial charge in [-0.15, -0.1) is 0 Å². The first-order valence-corrected chi connectivity index (χ1v) is 17.9. The molecule has 0 aromatic heterocycles. The number of rotatable bonds is 25. The first-order valence-electron chi connectivity index (χ1n) is 17.9. The predicted octanol–water partition coefficient (Wildman–Crippen LogP) is 12.7. The minimum Gasteiger partial charge on any atom is -0.489 e. The minimum absolute atomic E-state index is 0.688. The van der Waals surface area contributed by atoms with E-state index in [-0.39, 0.29) is 0 Å². The Kier molecular flexibility index (Phi) is 17.2. The molecule has 0 aliphatic rings. The van der Waals surface area contributed by atoms with Gasteiger partial charge in [0.05, 0.1) is 13.2 Å². The van der Waals surface area contributed by atoms with E-state index in [0.717, 1.165) is 52.2 Å². The number of aldehydes is 1. The molecular formula is C40H60O3. The van der Waals surface area contributed by atoms with Crippen molar-refractivity contribution in [2.45, 2.75) is 149 Å². The van der Waals surface area contributed by atoms with Gasteiger partial charge >= 0.3 is 0 Å². The first-order chi connectivity index (χ1) is 21.2. The number of ether oxygens (including phenoxy) is 2. The van der Waals surface area contributed by atoms with Crippen LogP contribution < -0.4 is 9.47 Å². The van der Waals surface area contributed by atoms with Gasteiger partial charge < -0.3 is 9.47 Å². The summed E-state index contributed by atoms with van der Waals surface area (Å²) in [5, 5.41) is 4.30. The van der Waals surface area contributed by atoms with Crippen LogP contribution in [0.5, 0.6) is 11.5 Å². The molecule has 0 heterocycles. The van der Waals surface area contributed by atoms with Crippen molar-refractivity contribution < 1.29 is 14.3 Å². The van der Waals surface area contributed by atoms with Crippen LogP contribution in [0.2, 0.25) is 0 Å². The molecule has 0 fully saturated rings. The molecule has 3 nitrogen and oxygen atoms in total. The molecule has 238 valence electrons. The van der Waals surface area contributed by atoms with E-state index in [1.807, 2.05) is 18.2 Å². The molecular weight excluding hydrogens is 528 g/mol. The Labute approximate surface area is 263 Å². The molecule has 0 saturated heterocycles. The van der Waals surface area contributed by atoms with Gasteiger partial charge in [0.1, 0.15) is 6.29 Å². The maximum atomic E-state index is 11.7. The molecule has 0 unspecified atom stereocenters. The highest BCUT2D eigenvalue weighted by Gasteiger charge is 2.18. The van der Waals surface area contributed by atoms with E-state index >= 15 is 0 Å². The number of fused-ring (bicyclic) bond motifs is 3. The van der Waals surface area contributed by atoms with Crippen molar-refractivity contribution in [3.8, 4) is 11.5 Å². The Morgan fingerprint density at radius 2 is 0.884 bits per heavy atom. The lowest BCUT2D eigenvalue weighted by Gasteiger charge is -2.19. The van der Waals surface area contributed by atoms with Crippen LogP contribution in [-0.2, 0) is 0 Å². The van der Waals surface area contributed by atoms with E-state index < -0.39 is 0 Å². The molecule has 3 aromatic rings. The van der Waals surface area contributed by atoms with Crippen LogP contribution in [0.4, 0.5) is 0 Å². The summed E-state index contributed by atoms with van der Waals surface area (Å²) in [6.45, 7) is 8.06. The summed E-state index contributed by atoms with van der Waals surface area (Å²) in [4.78, 5) is 11.7. The van der Waals surface area contributed by atoms with Crippen LogP contribution in [0.25, 0.3) is 21.5 Å². The standard InChI is InChI=1S/C40H60O3/c1-4-6-8-10-12-14-16-18-20-22-28-42-39-35-26-24-33(3)30-37(35)38-31-34(32-41)25-27-36(38)40(39)43-29-23-21-19-17-15-13-11-9-7-5-2/h24-27,30-32H,4-23,28-29H2,1-3H3. The Morgan fingerprint density at radius 1 is 0.488 bits per heavy atom. The fourth-order valence-corrected chi connectivity index (χ4v) is 6.19. The van der Waals surface area contributed by atoms with Crippen LogP contribution in [0.3, 0.4) is 0 Å². The van der Waals surface area contributed by atoms with Crippen LogP contribution >= 0.6 is 0 Å². The second-order valence-electron chi connectivity index (χ2n) is 12.7. The third-order valence-corrected chi connectivity index (χ3v) is 8.83. The zero-order chi connectivity index (χ0) is 30.5. The minimum atomic E-state index is 0.688. The maximum Gasteiger partial charge on any atom is 0.169 e. The van der Waals surface area contributed by atoms with Gasteiger partial charge in [0.25, 0.3) is 0 Å². The van der Waals surface area contributed by atoms with E-state index in [2.05, 4.69) is 39.0 Å². The van der Waals surface area contributed by atoms with E-state index in [0.29, 0.717) is 18.8 Å². The van der Waals surface area contributed by atoms with Gasteiger partial charge in [-0.1, -0.05) is 159 Å². The fraction of sp³-hybridized carbons (Fsp3) is 0.625. The van der Waals surface area contributed by atoms with Crippen LogP contribution in [0.15, 0.2) is 36.4 Å². The molecule has 0 N–H and O–H groups in total. The Morgan fingerprint density at radius 3 is 1.33 bits per heavy atom. The highest BCUT2D eigenvalue weighted by Crippen LogP contribution is 2.44. The third kappa shape index (κ3) is 12.2. The molecule has 43 heavy (non-hydrogen) atoms. The summed E-state index contributed by atoms with van der Waals surface area (Å²) in [6, 6.07) is 12.5. The average molecular weight is 589 g/mol. The lowest BCUT2D eigenvalue weighted by atomic mass is 9.97. The molecule has 0 atom stereocenters. The van der Waals surface area contributed by atoms with Crippen molar-refractivity contribution in [1.29, 1.82) is 0 Å². The molecule has 0 spiro atoms. The summed E-state index contributed by atoms with van der Waals surface area (Å²) in [7, 11) is 0. The van der Waals surface area contributed by atoms with Gasteiger partial charge in [-0.05, 0) is 42.7 Å². The van der Waals surface area contributed by atoms with E-state index in [9.17, 15) is 4.79 Å². The second-order valence-corrected chi connectivity index (χ2v) is 12.7. The molecule has 0 saturated carbocycles. The lowest BCUT2D eigenvalue weighted by Crippen LogP contribution is -2.04. The lowest BCUT2D eigenvalue weighted by molar-refractivity contribution is 0.112. The van der Waals surface area contributed by atoms with Crippen LogP contribution in [0.1, 0.15) is 158 Å². The van der Waals surface area contributed by atoms with Crippen molar-refractivity contribution >= 4 is 27.8 Å². The van der Waals surface area contributed by atoms with Crippen molar-refractivity contribution in [3.63, 3.8) is 0 Å². The first kappa shape index (κ1) is 34.9. The Bertz CT molecular complexity index is 1200. The van der Waals surface area contributed by atoms with Gasteiger partial charge in [-0.25, -0.2) is 0 Å². The summed E-state index contributed by atoms with van der Waals surface area (Å²) in [5.41, 5.74) is 1.89. The zero-order valence-corrected chi connectivity index (χ0v) is 27.8. The summed E-state index contributed by atoms with van der Waals surface area (Å²) in [6.07, 6.45) is 27.1. The van der Waals surface area contributed by atoms with E-state index in [1.54, 1.807) is 0 Å². The fourth-order valence-electron chi connectivity index (χ4n) is 6.19. The molecule has 0 radical (unpaired) electrons. The maximum absolute atomic E-state index is 11.7. The molecule has 3 heteroatoms. The van der Waals surface area contributed by atoms with Gasteiger partial charge in [-0.3, -0.25) is 4.79 Å².